The van der Waals surface area contributed by atoms with Gasteiger partial charge in [0, 0.05) is 10.8 Å². The number of carboxylic acid groups (broad SMARTS) is 1. The monoisotopic (exact) mass is 281 g/mol. The van der Waals surface area contributed by atoms with Crippen LogP contribution in [0.5, 0.6) is 0 Å². The molecule has 0 saturated heterocycles. The Bertz CT molecular complexity index is 467. The molecule has 1 aliphatic rings. The zero-order chi connectivity index (χ0) is 14.0. The van der Waals surface area contributed by atoms with Gasteiger partial charge in [-0.1, -0.05) is 6.07 Å². The van der Waals surface area contributed by atoms with E-state index < -0.39 is 11.5 Å². The largest absolute Gasteiger partial charge is 0.481 e. The van der Waals surface area contributed by atoms with E-state index in [1.165, 1.54) is 0 Å². The standard InChI is InChI=1S/C14H19NO3S/c1-14(2,11-4-3-7-19-11)15-12(16)9-5-6-10(8-9)13(17)18/h3-4,7,9-10H,5-6,8H2,1-2H3,(H,15,16)(H,17,18)/t9-,10+/m1/s1. The lowest BCUT2D eigenvalue weighted by atomic mass is 9.99. The smallest absolute Gasteiger partial charge is 0.306 e. The Morgan fingerprint density at radius 2 is 2.05 bits per heavy atom. The van der Waals surface area contributed by atoms with Crippen molar-refractivity contribution in [1.29, 1.82) is 0 Å². The third kappa shape index (κ3) is 3.15. The summed E-state index contributed by atoms with van der Waals surface area (Å²) in [6.07, 6.45) is 1.73. The van der Waals surface area contributed by atoms with E-state index in [2.05, 4.69) is 5.32 Å². The van der Waals surface area contributed by atoms with Crippen molar-refractivity contribution in [2.45, 2.75) is 38.6 Å². The third-order valence-corrected chi connectivity index (χ3v) is 4.92. The number of carbonyl (C=O) groups excluding carboxylic acids is 1. The molecule has 5 heteroatoms. The fourth-order valence-electron chi connectivity index (χ4n) is 2.55. The minimum absolute atomic E-state index is 0.0258. The molecule has 19 heavy (non-hydrogen) atoms. The highest BCUT2D eigenvalue weighted by molar-refractivity contribution is 7.10. The number of nitrogens with one attached hydrogen (secondary N) is 1. The first-order valence-electron chi connectivity index (χ1n) is 6.49. The summed E-state index contributed by atoms with van der Waals surface area (Å²) in [4.78, 5) is 24.2. The molecule has 0 radical (unpaired) electrons. The van der Waals surface area contributed by atoms with E-state index in [-0.39, 0.29) is 17.7 Å². The van der Waals surface area contributed by atoms with Crippen molar-refractivity contribution >= 4 is 23.2 Å². The first-order chi connectivity index (χ1) is 8.90. The van der Waals surface area contributed by atoms with Crippen molar-refractivity contribution in [1.82, 2.24) is 5.32 Å². The van der Waals surface area contributed by atoms with Crippen LogP contribution in [-0.4, -0.2) is 17.0 Å². The second-order valence-electron chi connectivity index (χ2n) is 5.64. The number of hydrogen-bond acceptors (Lipinski definition) is 3. The normalized spacial score (nSPS) is 23.3. The molecule has 0 spiro atoms. The lowest BCUT2D eigenvalue weighted by molar-refractivity contribution is -0.141. The minimum atomic E-state index is -0.784. The summed E-state index contributed by atoms with van der Waals surface area (Å²) < 4.78 is 0. The second-order valence-corrected chi connectivity index (χ2v) is 6.58. The van der Waals surface area contributed by atoms with Crippen molar-refractivity contribution in [3.8, 4) is 0 Å². The Labute approximate surface area is 116 Å². The lowest BCUT2D eigenvalue weighted by Crippen LogP contribution is -2.43. The summed E-state index contributed by atoms with van der Waals surface area (Å²) in [5.74, 6) is -1.34. The van der Waals surface area contributed by atoms with Gasteiger partial charge >= 0.3 is 5.97 Å². The first-order valence-corrected chi connectivity index (χ1v) is 7.37. The van der Waals surface area contributed by atoms with E-state index in [0.29, 0.717) is 19.3 Å². The fraction of sp³-hybridized carbons (Fsp3) is 0.571. The SMILES string of the molecule is CC(C)(NC(=O)[C@@H]1CC[C@H](C(=O)O)C1)c1cccs1. The van der Waals surface area contributed by atoms with Crippen LogP contribution in [0.1, 0.15) is 38.0 Å². The number of aliphatic carboxylic acids is 1. The molecule has 1 aromatic heterocycles. The van der Waals surface area contributed by atoms with Gasteiger partial charge in [-0.05, 0) is 44.6 Å². The zero-order valence-corrected chi connectivity index (χ0v) is 12.0. The van der Waals surface area contributed by atoms with Crippen molar-refractivity contribution in [3.63, 3.8) is 0 Å². The molecule has 0 aliphatic heterocycles. The van der Waals surface area contributed by atoms with Crippen LogP contribution in [0.25, 0.3) is 0 Å². The van der Waals surface area contributed by atoms with Gasteiger partial charge in [-0.2, -0.15) is 0 Å². The third-order valence-electron chi connectivity index (χ3n) is 3.73. The maximum absolute atomic E-state index is 12.2. The molecule has 1 amide bonds. The Hall–Kier alpha value is -1.36. The van der Waals surface area contributed by atoms with Gasteiger partial charge in [0.05, 0.1) is 11.5 Å². The summed E-state index contributed by atoms with van der Waals surface area (Å²) in [6, 6.07) is 3.96. The highest BCUT2D eigenvalue weighted by Crippen LogP contribution is 2.32. The molecule has 2 N–H and O–H groups in total. The average molecular weight is 281 g/mol. The molecule has 1 saturated carbocycles. The zero-order valence-electron chi connectivity index (χ0n) is 11.2. The van der Waals surface area contributed by atoms with Crippen LogP contribution in [0.3, 0.4) is 0 Å². The molecule has 1 fully saturated rings. The van der Waals surface area contributed by atoms with Crippen LogP contribution < -0.4 is 5.32 Å². The van der Waals surface area contributed by atoms with Crippen molar-refractivity contribution < 1.29 is 14.7 Å². The summed E-state index contributed by atoms with van der Waals surface area (Å²) >= 11 is 1.61. The number of carbonyl (C=O) groups is 2. The molecule has 4 nitrogen and oxygen atoms in total. The highest BCUT2D eigenvalue weighted by Gasteiger charge is 2.36. The molecule has 0 bridgehead atoms. The Morgan fingerprint density at radius 1 is 1.37 bits per heavy atom. The average Bonchev–Trinajstić information content (AvgIpc) is 3.00. The maximum atomic E-state index is 12.2. The van der Waals surface area contributed by atoms with Crippen LogP contribution in [0.4, 0.5) is 0 Å². The number of thiophene rings is 1. The first kappa shape index (κ1) is 14.1. The van der Waals surface area contributed by atoms with Gasteiger partial charge in [0.25, 0.3) is 0 Å². The molecule has 2 rings (SSSR count). The van der Waals surface area contributed by atoms with E-state index in [4.69, 9.17) is 5.11 Å². The highest BCUT2D eigenvalue weighted by atomic mass is 32.1. The van der Waals surface area contributed by atoms with Crippen LogP contribution in [0.2, 0.25) is 0 Å². The molecule has 2 atom stereocenters. The second kappa shape index (κ2) is 5.33. The van der Waals surface area contributed by atoms with E-state index >= 15 is 0 Å². The fourth-order valence-corrected chi connectivity index (χ4v) is 3.36. The van der Waals surface area contributed by atoms with Crippen molar-refractivity contribution in [3.05, 3.63) is 22.4 Å². The number of rotatable bonds is 4. The lowest BCUT2D eigenvalue weighted by Gasteiger charge is -2.26. The summed E-state index contributed by atoms with van der Waals surface area (Å²) in [5.41, 5.74) is -0.396. The van der Waals surface area contributed by atoms with E-state index in [0.717, 1.165) is 4.88 Å². The van der Waals surface area contributed by atoms with E-state index in [1.54, 1.807) is 11.3 Å². The molecule has 0 aromatic carbocycles. The quantitative estimate of drug-likeness (QED) is 0.891. The summed E-state index contributed by atoms with van der Waals surface area (Å²) in [6.45, 7) is 3.95. The number of hydrogen-bond donors (Lipinski definition) is 2. The topological polar surface area (TPSA) is 66.4 Å². The van der Waals surface area contributed by atoms with E-state index in [9.17, 15) is 9.59 Å². The van der Waals surface area contributed by atoms with Gasteiger partial charge in [-0.25, -0.2) is 0 Å². The Morgan fingerprint density at radius 3 is 2.58 bits per heavy atom. The molecular weight excluding hydrogens is 262 g/mol. The van der Waals surface area contributed by atoms with E-state index in [1.807, 2.05) is 31.4 Å². The summed E-state index contributed by atoms with van der Waals surface area (Å²) in [5, 5.41) is 14.0. The van der Waals surface area contributed by atoms with Gasteiger partial charge in [0.2, 0.25) is 5.91 Å². The Kier molecular flexibility index (Phi) is 3.94. The molecule has 1 aromatic rings. The Balaban J connectivity index is 1.97. The van der Waals surface area contributed by atoms with Gasteiger partial charge in [-0.15, -0.1) is 11.3 Å². The van der Waals surface area contributed by atoms with Crippen LogP contribution in [-0.2, 0) is 15.1 Å². The van der Waals surface area contributed by atoms with Crippen LogP contribution in [0.15, 0.2) is 17.5 Å². The van der Waals surface area contributed by atoms with Gasteiger partial charge in [-0.3, -0.25) is 9.59 Å². The van der Waals surface area contributed by atoms with Crippen molar-refractivity contribution in [2.75, 3.05) is 0 Å². The predicted molar refractivity (Wildman–Crippen MR) is 74.0 cm³/mol. The maximum Gasteiger partial charge on any atom is 0.306 e. The minimum Gasteiger partial charge on any atom is -0.481 e. The van der Waals surface area contributed by atoms with Gasteiger partial charge < -0.3 is 10.4 Å². The van der Waals surface area contributed by atoms with Crippen molar-refractivity contribution in [2.24, 2.45) is 11.8 Å². The summed E-state index contributed by atoms with van der Waals surface area (Å²) in [7, 11) is 0. The molecular formula is C14H19NO3S. The number of carboxylic acids is 1. The molecule has 104 valence electrons. The molecule has 0 unspecified atom stereocenters. The van der Waals surface area contributed by atoms with Gasteiger partial charge in [0.15, 0.2) is 0 Å². The van der Waals surface area contributed by atoms with Gasteiger partial charge in [0.1, 0.15) is 0 Å². The van der Waals surface area contributed by atoms with Crippen LogP contribution in [0, 0.1) is 11.8 Å². The van der Waals surface area contributed by atoms with Crippen LogP contribution >= 0.6 is 11.3 Å². The molecule has 1 aliphatic carbocycles. The number of amides is 1. The molecule has 1 heterocycles. The predicted octanol–water partition coefficient (Wildman–Crippen LogP) is 2.60.